The van der Waals surface area contributed by atoms with E-state index in [4.69, 9.17) is 5.73 Å². The summed E-state index contributed by atoms with van der Waals surface area (Å²) in [7, 11) is 0. The van der Waals surface area contributed by atoms with Gasteiger partial charge in [0.25, 0.3) is 5.91 Å². The van der Waals surface area contributed by atoms with E-state index in [0.717, 1.165) is 9.10 Å². The van der Waals surface area contributed by atoms with Crippen LogP contribution < -0.4 is 11.1 Å². The average molecular weight is 274 g/mol. The van der Waals surface area contributed by atoms with Crippen molar-refractivity contribution in [3.8, 4) is 0 Å². The fraction of sp³-hybridized carbons (Fsp3) is 0.300. The maximum atomic E-state index is 11.8. The molecule has 6 heteroatoms. The normalized spacial score (nSPS) is 10.1. The van der Waals surface area contributed by atoms with Gasteiger partial charge in [0.1, 0.15) is 4.88 Å². The van der Waals surface area contributed by atoms with Crippen LogP contribution in [-0.4, -0.2) is 25.0 Å². The number of carbonyl (C=O) groups is 1. The molecule has 0 fully saturated rings. The molecule has 3 nitrogen and oxygen atoms in total. The SMILES string of the molecule is C=CCNC(=O)c1sc(SC)c(SC)c1N. The summed E-state index contributed by atoms with van der Waals surface area (Å²) in [6.45, 7) is 4.01. The molecule has 0 radical (unpaired) electrons. The number of hydrogen-bond donors (Lipinski definition) is 2. The highest BCUT2D eigenvalue weighted by Crippen LogP contribution is 2.42. The smallest absolute Gasteiger partial charge is 0.263 e. The van der Waals surface area contributed by atoms with E-state index in [1.54, 1.807) is 29.6 Å². The van der Waals surface area contributed by atoms with E-state index in [0.29, 0.717) is 17.1 Å². The van der Waals surface area contributed by atoms with Crippen molar-refractivity contribution >= 4 is 46.5 Å². The first kappa shape index (κ1) is 13.5. The van der Waals surface area contributed by atoms with E-state index in [1.807, 2.05) is 12.5 Å². The van der Waals surface area contributed by atoms with Crippen LogP contribution in [0.25, 0.3) is 0 Å². The molecule has 0 unspecified atom stereocenters. The van der Waals surface area contributed by atoms with Crippen LogP contribution in [0.15, 0.2) is 21.8 Å². The molecule has 0 saturated heterocycles. The van der Waals surface area contributed by atoms with Crippen molar-refractivity contribution in [2.45, 2.75) is 9.10 Å². The van der Waals surface area contributed by atoms with Crippen LogP contribution in [0.2, 0.25) is 0 Å². The van der Waals surface area contributed by atoms with E-state index >= 15 is 0 Å². The van der Waals surface area contributed by atoms with Crippen LogP contribution in [0, 0.1) is 0 Å². The molecular formula is C10H14N2OS3. The monoisotopic (exact) mass is 274 g/mol. The van der Waals surface area contributed by atoms with Crippen LogP contribution in [-0.2, 0) is 0 Å². The average Bonchev–Trinajstić information content (AvgIpc) is 2.62. The molecule has 1 aromatic rings. The molecule has 16 heavy (non-hydrogen) atoms. The van der Waals surface area contributed by atoms with Crippen molar-refractivity contribution in [2.24, 2.45) is 0 Å². The predicted molar refractivity (Wildman–Crippen MR) is 74.8 cm³/mol. The Balaban J connectivity index is 3.00. The van der Waals surface area contributed by atoms with Gasteiger partial charge in [0.2, 0.25) is 0 Å². The summed E-state index contributed by atoms with van der Waals surface area (Å²) >= 11 is 4.63. The molecule has 1 aromatic heterocycles. The highest BCUT2D eigenvalue weighted by atomic mass is 32.2. The zero-order chi connectivity index (χ0) is 12.1. The molecule has 1 heterocycles. The summed E-state index contributed by atoms with van der Waals surface area (Å²) in [6, 6.07) is 0. The van der Waals surface area contributed by atoms with Crippen molar-refractivity contribution < 1.29 is 4.79 Å². The summed E-state index contributed by atoms with van der Waals surface area (Å²) in [6.07, 6.45) is 5.59. The summed E-state index contributed by atoms with van der Waals surface area (Å²) in [5.74, 6) is -0.127. The Morgan fingerprint density at radius 1 is 1.56 bits per heavy atom. The van der Waals surface area contributed by atoms with E-state index in [-0.39, 0.29) is 5.91 Å². The second-order valence-corrected chi connectivity index (χ2v) is 5.78. The second kappa shape index (κ2) is 6.22. The molecule has 0 aliphatic heterocycles. The molecule has 1 amide bonds. The summed E-state index contributed by atoms with van der Waals surface area (Å²) in [5, 5.41) is 2.73. The van der Waals surface area contributed by atoms with Crippen LogP contribution in [0.3, 0.4) is 0 Å². The first-order valence-electron chi connectivity index (χ1n) is 4.55. The Kier molecular flexibility index (Phi) is 5.24. The Labute approximate surface area is 108 Å². The van der Waals surface area contributed by atoms with Crippen LogP contribution in [0.4, 0.5) is 5.69 Å². The number of nitrogens with one attached hydrogen (secondary N) is 1. The van der Waals surface area contributed by atoms with Gasteiger partial charge in [0.15, 0.2) is 0 Å². The van der Waals surface area contributed by atoms with Crippen molar-refractivity contribution in [2.75, 3.05) is 24.8 Å². The van der Waals surface area contributed by atoms with E-state index in [9.17, 15) is 4.79 Å². The van der Waals surface area contributed by atoms with Crippen molar-refractivity contribution in [3.63, 3.8) is 0 Å². The molecular weight excluding hydrogens is 260 g/mol. The van der Waals surface area contributed by atoms with Gasteiger partial charge >= 0.3 is 0 Å². The lowest BCUT2D eigenvalue weighted by molar-refractivity contribution is 0.0963. The standard InChI is InChI=1S/C10H14N2OS3/c1-4-5-12-9(13)7-6(11)8(14-2)10(15-3)16-7/h4H,1,5,11H2,2-3H3,(H,12,13). The lowest BCUT2D eigenvalue weighted by Crippen LogP contribution is -2.23. The Hall–Kier alpha value is -0.590. The molecule has 0 aliphatic rings. The highest BCUT2D eigenvalue weighted by Gasteiger charge is 2.19. The van der Waals surface area contributed by atoms with Crippen molar-refractivity contribution in [3.05, 3.63) is 17.5 Å². The number of carbonyl (C=O) groups excluding carboxylic acids is 1. The van der Waals surface area contributed by atoms with Gasteiger partial charge in [-0.2, -0.15) is 0 Å². The minimum Gasteiger partial charge on any atom is -0.396 e. The first-order chi connectivity index (χ1) is 7.65. The predicted octanol–water partition coefficient (Wildman–Crippen LogP) is 2.69. The number of amides is 1. The minimum absolute atomic E-state index is 0.127. The van der Waals surface area contributed by atoms with Gasteiger partial charge in [-0.15, -0.1) is 41.4 Å². The fourth-order valence-electron chi connectivity index (χ4n) is 1.15. The molecule has 0 aliphatic carbocycles. The Bertz CT molecular complexity index is 401. The number of nitrogen functional groups attached to an aromatic ring is 1. The van der Waals surface area contributed by atoms with Crippen LogP contribution >= 0.6 is 34.9 Å². The van der Waals surface area contributed by atoms with Crippen LogP contribution in [0.1, 0.15) is 9.67 Å². The number of thiophene rings is 1. The molecule has 0 saturated carbocycles. The molecule has 0 spiro atoms. The van der Waals surface area contributed by atoms with Gasteiger partial charge in [-0.25, -0.2) is 0 Å². The first-order valence-corrected chi connectivity index (χ1v) is 7.81. The lowest BCUT2D eigenvalue weighted by Gasteiger charge is -2.01. The number of rotatable bonds is 5. The lowest BCUT2D eigenvalue weighted by atomic mass is 10.4. The number of nitrogens with two attached hydrogens (primary N) is 1. The van der Waals surface area contributed by atoms with Crippen molar-refractivity contribution in [1.29, 1.82) is 0 Å². The Morgan fingerprint density at radius 2 is 2.25 bits per heavy atom. The summed E-state index contributed by atoms with van der Waals surface area (Å²) in [5.41, 5.74) is 6.54. The highest BCUT2D eigenvalue weighted by molar-refractivity contribution is 8.03. The number of anilines is 1. The van der Waals surface area contributed by atoms with E-state index in [2.05, 4.69) is 11.9 Å². The minimum atomic E-state index is -0.127. The fourth-order valence-corrected chi connectivity index (χ4v) is 4.22. The maximum absolute atomic E-state index is 11.8. The van der Waals surface area contributed by atoms with Gasteiger partial charge < -0.3 is 11.1 Å². The molecule has 1 rings (SSSR count). The second-order valence-electron chi connectivity index (χ2n) is 2.87. The third-order valence-electron chi connectivity index (χ3n) is 1.87. The molecule has 0 bridgehead atoms. The van der Waals surface area contributed by atoms with E-state index in [1.165, 1.54) is 11.3 Å². The molecule has 88 valence electrons. The largest absolute Gasteiger partial charge is 0.396 e. The van der Waals surface area contributed by atoms with Gasteiger partial charge in [-0.3, -0.25) is 4.79 Å². The third-order valence-corrected chi connectivity index (χ3v) is 5.29. The van der Waals surface area contributed by atoms with Crippen molar-refractivity contribution in [1.82, 2.24) is 5.32 Å². The topological polar surface area (TPSA) is 55.1 Å². The van der Waals surface area contributed by atoms with Gasteiger partial charge in [0, 0.05) is 6.54 Å². The van der Waals surface area contributed by atoms with Gasteiger partial charge in [-0.1, -0.05) is 6.08 Å². The molecule has 0 aromatic carbocycles. The third kappa shape index (κ3) is 2.75. The van der Waals surface area contributed by atoms with Gasteiger partial charge in [-0.05, 0) is 12.5 Å². The molecule has 3 N–H and O–H groups in total. The number of thioether (sulfide) groups is 2. The Morgan fingerprint density at radius 3 is 2.69 bits per heavy atom. The zero-order valence-corrected chi connectivity index (χ0v) is 11.7. The van der Waals surface area contributed by atoms with Gasteiger partial charge in [0.05, 0.1) is 14.8 Å². The zero-order valence-electron chi connectivity index (χ0n) is 9.20. The van der Waals surface area contributed by atoms with Crippen LogP contribution in [0.5, 0.6) is 0 Å². The number of hydrogen-bond acceptors (Lipinski definition) is 5. The molecule has 0 atom stereocenters. The summed E-state index contributed by atoms with van der Waals surface area (Å²) in [4.78, 5) is 13.4. The maximum Gasteiger partial charge on any atom is 0.263 e. The quantitative estimate of drug-likeness (QED) is 0.640. The van der Waals surface area contributed by atoms with E-state index < -0.39 is 0 Å². The summed E-state index contributed by atoms with van der Waals surface area (Å²) < 4.78 is 1.09.